The lowest BCUT2D eigenvalue weighted by Gasteiger charge is -2.23. The third kappa shape index (κ3) is 5.72. The van der Waals surface area contributed by atoms with Gasteiger partial charge in [0.05, 0.1) is 67.1 Å². The molecule has 0 aliphatic carbocycles. The van der Waals surface area contributed by atoms with Crippen LogP contribution >= 0.6 is 0 Å². The minimum Gasteiger partial charge on any atom is -0.309 e. The molecule has 0 radical (unpaired) electrons. The van der Waals surface area contributed by atoms with Crippen molar-refractivity contribution in [3.05, 3.63) is 230 Å². The van der Waals surface area contributed by atoms with E-state index in [9.17, 15) is 5.26 Å². The molecule has 0 bridgehead atoms. The summed E-state index contributed by atoms with van der Waals surface area (Å²) in [5.74, 6) is 0. The quantitative estimate of drug-likeness (QED) is 0.170. The summed E-state index contributed by atoms with van der Waals surface area (Å²) < 4.78 is 58.9. The second-order valence-electron chi connectivity index (χ2n) is 17.9. The Balaban J connectivity index is 1.12. The third-order valence-electron chi connectivity index (χ3n) is 14.2. The summed E-state index contributed by atoms with van der Waals surface area (Å²) in [5, 5.41) is 17.7. The molecule has 0 spiro atoms. The molecule has 0 aliphatic heterocycles. The molecule has 0 saturated heterocycles. The van der Waals surface area contributed by atoms with Crippen LogP contribution in [0, 0.1) is 11.3 Å². The van der Waals surface area contributed by atoms with E-state index in [0.717, 1.165) is 76.5 Å². The Hall–Kier alpha value is -9.32. The van der Waals surface area contributed by atoms with Crippen molar-refractivity contribution in [1.82, 2.24) is 18.3 Å². The summed E-state index contributed by atoms with van der Waals surface area (Å²) in [6.45, 7) is 0. The molecule has 0 amide bonds. The van der Waals surface area contributed by atoms with Crippen molar-refractivity contribution in [3.63, 3.8) is 0 Å². The van der Waals surface area contributed by atoms with Crippen LogP contribution in [0.25, 0.3) is 121 Å². The summed E-state index contributed by atoms with van der Waals surface area (Å²) in [7, 11) is 0. The lowest BCUT2D eigenvalue weighted by Crippen LogP contribution is -2.16. The van der Waals surface area contributed by atoms with Gasteiger partial charge in [-0.2, -0.15) is 18.4 Å². The lowest BCUT2D eigenvalue weighted by molar-refractivity contribution is -0.137. The van der Waals surface area contributed by atoms with Crippen LogP contribution in [0.4, 0.5) is 13.2 Å². The summed E-state index contributed by atoms with van der Waals surface area (Å²) in [4.78, 5) is 0. The van der Waals surface area contributed by atoms with E-state index >= 15 is 13.2 Å². The van der Waals surface area contributed by atoms with E-state index in [-0.39, 0.29) is 11.4 Å². The largest absolute Gasteiger partial charge is 0.420 e. The molecule has 10 aromatic carbocycles. The summed E-state index contributed by atoms with van der Waals surface area (Å²) in [6.07, 6.45) is -4.86. The molecule has 0 fully saturated rings. The van der Waals surface area contributed by atoms with Gasteiger partial charge in [0.25, 0.3) is 0 Å². The molecule has 0 N–H and O–H groups in total. The highest BCUT2D eigenvalue weighted by molar-refractivity contribution is 6.14. The predicted octanol–water partition coefficient (Wildman–Crippen LogP) is 16.6. The third-order valence-corrected chi connectivity index (χ3v) is 14.2. The molecule has 4 heterocycles. The Morgan fingerprint density at radius 3 is 1.01 bits per heavy atom. The van der Waals surface area contributed by atoms with E-state index < -0.39 is 11.7 Å². The van der Waals surface area contributed by atoms with Crippen LogP contribution < -0.4 is 0 Å². The van der Waals surface area contributed by atoms with Gasteiger partial charge in [0.15, 0.2) is 0 Å². The van der Waals surface area contributed by atoms with E-state index in [2.05, 4.69) is 75.9 Å². The number of hydrogen-bond donors (Lipinski definition) is 0. The highest BCUT2D eigenvalue weighted by Crippen LogP contribution is 2.47. The average molecular weight is 908 g/mol. The van der Waals surface area contributed by atoms with Gasteiger partial charge in [0, 0.05) is 54.5 Å². The van der Waals surface area contributed by atoms with Gasteiger partial charge in [-0.15, -0.1) is 0 Å². The Bertz CT molecular complexity index is 4190. The van der Waals surface area contributed by atoms with Gasteiger partial charge in [0.2, 0.25) is 0 Å². The maximum absolute atomic E-state index is 17.0. The van der Waals surface area contributed by atoms with Crippen LogP contribution in [0.5, 0.6) is 0 Å². The van der Waals surface area contributed by atoms with Crippen molar-refractivity contribution < 1.29 is 13.2 Å². The van der Waals surface area contributed by atoms with E-state index in [0.29, 0.717) is 38.8 Å². The molecular formula is C62H36F3N5. The van der Waals surface area contributed by atoms with E-state index in [1.807, 2.05) is 127 Å². The second-order valence-corrected chi connectivity index (χ2v) is 17.9. The van der Waals surface area contributed by atoms with Crippen LogP contribution in [-0.2, 0) is 6.18 Å². The molecule has 330 valence electrons. The van der Waals surface area contributed by atoms with Crippen molar-refractivity contribution >= 4 is 87.2 Å². The number of para-hydroxylation sites is 6. The van der Waals surface area contributed by atoms with Gasteiger partial charge in [-0.1, -0.05) is 133 Å². The number of halogens is 3. The highest BCUT2D eigenvalue weighted by Gasteiger charge is 2.40. The Kier molecular flexibility index (Phi) is 8.44. The molecule has 70 heavy (non-hydrogen) atoms. The fourth-order valence-corrected chi connectivity index (χ4v) is 11.3. The average Bonchev–Trinajstić information content (AvgIpc) is 4.12. The number of alkyl halides is 3. The van der Waals surface area contributed by atoms with Crippen molar-refractivity contribution in [1.29, 1.82) is 5.26 Å². The van der Waals surface area contributed by atoms with Crippen molar-refractivity contribution in [2.24, 2.45) is 0 Å². The number of nitriles is 1. The Labute approximate surface area is 397 Å². The van der Waals surface area contributed by atoms with Crippen LogP contribution in [0.3, 0.4) is 0 Å². The van der Waals surface area contributed by atoms with Crippen molar-refractivity contribution in [2.45, 2.75) is 6.18 Å². The van der Waals surface area contributed by atoms with Crippen molar-refractivity contribution in [2.75, 3.05) is 0 Å². The highest BCUT2D eigenvalue weighted by atomic mass is 19.4. The molecule has 0 aliphatic rings. The topological polar surface area (TPSA) is 43.5 Å². The first-order valence-electron chi connectivity index (χ1n) is 23.1. The van der Waals surface area contributed by atoms with E-state index in [4.69, 9.17) is 0 Å². The van der Waals surface area contributed by atoms with E-state index in [1.54, 1.807) is 39.5 Å². The standard InChI is InChI=1S/C62H36F3N5/c63-62(64,65)61-59(69-55-26-11-5-20-47(55)49-30-28-41(35-57(49)69)67-51-22-7-1-16-43(51)44-17-2-8-23-52(44)67)33-40(39-15-13-14-38(32-39)37-66)34-60(61)70-56-27-12-6-21-48(56)50-31-29-42(36-58(50)70)68-53-24-9-3-18-45(53)46-19-4-10-25-54(46)68/h1-36H. The first kappa shape index (κ1) is 39.8. The van der Waals surface area contributed by atoms with Crippen molar-refractivity contribution in [3.8, 4) is 39.9 Å². The molecule has 0 saturated carbocycles. The zero-order chi connectivity index (χ0) is 46.8. The van der Waals surface area contributed by atoms with Gasteiger partial charge in [0.1, 0.15) is 5.56 Å². The summed E-state index contributed by atoms with van der Waals surface area (Å²) in [5.41, 5.74) is 8.83. The predicted molar refractivity (Wildman–Crippen MR) is 279 cm³/mol. The zero-order valence-electron chi connectivity index (χ0n) is 37.2. The molecule has 5 nitrogen and oxygen atoms in total. The number of rotatable bonds is 5. The van der Waals surface area contributed by atoms with Gasteiger partial charge in [-0.05, 0) is 96.1 Å². The molecular weight excluding hydrogens is 872 g/mol. The van der Waals surface area contributed by atoms with Crippen LogP contribution in [-0.4, -0.2) is 18.3 Å². The van der Waals surface area contributed by atoms with Crippen LogP contribution in [0.2, 0.25) is 0 Å². The lowest BCUT2D eigenvalue weighted by atomic mass is 9.98. The minimum atomic E-state index is -4.86. The minimum absolute atomic E-state index is 0.0302. The number of benzene rings is 10. The fourth-order valence-electron chi connectivity index (χ4n) is 11.3. The maximum atomic E-state index is 17.0. The number of nitrogens with zero attached hydrogens (tertiary/aromatic N) is 5. The number of fused-ring (bicyclic) bond motifs is 12. The molecule has 0 atom stereocenters. The normalized spacial score (nSPS) is 12.2. The number of aromatic nitrogens is 4. The first-order chi connectivity index (χ1) is 34.3. The van der Waals surface area contributed by atoms with Gasteiger partial charge >= 0.3 is 6.18 Å². The summed E-state index contributed by atoms with van der Waals surface area (Å²) >= 11 is 0. The second kappa shape index (κ2) is 14.8. The summed E-state index contributed by atoms with van der Waals surface area (Å²) in [6, 6.07) is 73.2. The monoisotopic (exact) mass is 907 g/mol. The molecule has 8 heteroatoms. The van der Waals surface area contributed by atoms with Gasteiger partial charge in [-0.25, -0.2) is 0 Å². The molecule has 0 unspecified atom stereocenters. The molecule has 4 aromatic heterocycles. The van der Waals surface area contributed by atoms with Gasteiger partial charge < -0.3 is 18.3 Å². The van der Waals surface area contributed by atoms with Gasteiger partial charge in [-0.3, -0.25) is 0 Å². The SMILES string of the molecule is N#Cc1cccc(-c2cc(-n3c4ccccc4c4ccc(-n5c6ccccc6c6ccccc65)cc43)c(C(F)(F)F)c(-n3c4ccccc4c4ccc(-n5c6ccccc6c6ccccc65)cc43)c2)c1. The first-order valence-corrected chi connectivity index (χ1v) is 23.1. The Morgan fingerprint density at radius 2 is 0.657 bits per heavy atom. The Morgan fingerprint density at radius 1 is 0.314 bits per heavy atom. The smallest absolute Gasteiger partial charge is 0.309 e. The zero-order valence-corrected chi connectivity index (χ0v) is 37.2. The number of hydrogen-bond acceptors (Lipinski definition) is 1. The van der Waals surface area contributed by atoms with Crippen LogP contribution in [0.1, 0.15) is 11.1 Å². The molecule has 14 aromatic rings. The van der Waals surface area contributed by atoms with Crippen LogP contribution in [0.15, 0.2) is 218 Å². The molecule has 14 rings (SSSR count). The van der Waals surface area contributed by atoms with E-state index in [1.165, 1.54) is 0 Å². The maximum Gasteiger partial charge on any atom is 0.420 e. The fraction of sp³-hybridized carbons (Fsp3) is 0.0161.